The lowest BCUT2D eigenvalue weighted by Gasteiger charge is -2.20. The van der Waals surface area contributed by atoms with E-state index in [0.29, 0.717) is 18.4 Å². The van der Waals surface area contributed by atoms with E-state index in [9.17, 15) is 14.4 Å². The molecule has 0 radical (unpaired) electrons. The van der Waals surface area contributed by atoms with Gasteiger partial charge in [-0.05, 0) is 42.4 Å². The highest BCUT2D eigenvalue weighted by molar-refractivity contribution is 5.96. The molecule has 5 heteroatoms. The predicted molar refractivity (Wildman–Crippen MR) is 90.8 cm³/mol. The number of esters is 1. The van der Waals surface area contributed by atoms with Crippen molar-refractivity contribution in [2.24, 2.45) is 0 Å². The zero-order valence-electron chi connectivity index (χ0n) is 14.6. The third kappa shape index (κ3) is 4.91. The molecule has 1 aromatic rings. The fraction of sp³-hybridized carbons (Fsp3) is 0.526. The van der Waals surface area contributed by atoms with Crippen LogP contribution in [0, 0.1) is 0 Å². The van der Waals surface area contributed by atoms with Gasteiger partial charge in [0.05, 0.1) is 0 Å². The number of hydrogen-bond acceptors (Lipinski definition) is 4. The van der Waals surface area contributed by atoms with Crippen molar-refractivity contribution in [2.45, 2.75) is 58.0 Å². The molecule has 1 aromatic carbocycles. The third-order valence-electron chi connectivity index (χ3n) is 4.18. The molecule has 0 heterocycles. The van der Waals surface area contributed by atoms with Crippen molar-refractivity contribution < 1.29 is 19.1 Å². The summed E-state index contributed by atoms with van der Waals surface area (Å²) in [6, 6.07) is 7.31. The Bertz CT molecular complexity index is 613. The topological polar surface area (TPSA) is 72.5 Å². The van der Waals surface area contributed by atoms with Crippen LogP contribution in [-0.4, -0.2) is 30.3 Å². The van der Waals surface area contributed by atoms with Gasteiger partial charge in [0.15, 0.2) is 11.9 Å². The van der Waals surface area contributed by atoms with Crippen molar-refractivity contribution in [3.8, 4) is 0 Å². The van der Waals surface area contributed by atoms with Crippen molar-refractivity contribution >= 4 is 17.7 Å². The molecule has 0 saturated heterocycles. The summed E-state index contributed by atoms with van der Waals surface area (Å²) in [5, 5.41) is 2.54. The summed E-state index contributed by atoms with van der Waals surface area (Å²) in [7, 11) is 0. The van der Waals surface area contributed by atoms with E-state index < -0.39 is 12.1 Å². The molecule has 1 aliphatic rings. The quantitative estimate of drug-likeness (QED) is 0.861. The Kier molecular flexibility index (Phi) is 5.75. The minimum Gasteiger partial charge on any atom is -0.453 e. The van der Waals surface area contributed by atoms with Crippen molar-refractivity contribution in [1.82, 2.24) is 5.32 Å². The Labute approximate surface area is 142 Å². The van der Waals surface area contributed by atoms with Crippen molar-refractivity contribution in [3.63, 3.8) is 0 Å². The summed E-state index contributed by atoms with van der Waals surface area (Å²) >= 11 is 0. The lowest BCUT2D eigenvalue weighted by atomic mass is 9.87. The van der Waals surface area contributed by atoms with Crippen molar-refractivity contribution in [3.05, 3.63) is 35.4 Å². The molecule has 0 aliphatic heterocycles. The van der Waals surface area contributed by atoms with Gasteiger partial charge in [0.1, 0.15) is 6.54 Å². The number of amides is 1. The van der Waals surface area contributed by atoms with Gasteiger partial charge in [0.25, 0.3) is 5.91 Å². The number of rotatable bonds is 4. The molecule has 1 amide bonds. The Morgan fingerprint density at radius 2 is 1.83 bits per heavy atom. The van der Waals surface area contributed by atoms with Crippen molar-refractivity contribution in [1.29, 1.82) is 0 Å². The van der Waals surface area contributed by atoms with Gasteiger partial charge in [-0.1, -0.05) is 32.9 Å². The van der Waals surface area contributed by atoms with Crippen LogP contribution in [0.25, 0.3) is 0 Å². The normalized spacial score (nSPS) is 18.1. The van der Waals surface area contributed by atoms with E-state index in [1.54, 1.807) is 12.1 Å². The van der Waals surface area contributed by atoms with Crippen LogP contribution in [0.15, 0.2) is 24.3 Å². The molecule has 1 fully saturated rings. The van der Waals surface area contributed by atoms with E-state index in [1.807, 2.05) is 12.1 Å². The maximum atomic E-state index is 12.1. The van der Waals surface area contributed by atoms with Gasteiger partial charge < -0.3 is 10.1 Å². The number of nitrogens with one attached hydrogen (secondary N) is 1. The first kappa shape index (κ1) is 18.2. The Hall–Kier alpha value is -2.17. The van der Waals surface area contributed by atoms with Gasteiger partial charge >= 0.3 is 5.97 Å². The fourth-order valence-electron chi connectivity index (χ4n) is 2.65. The summed E-state index contributed by atoms with van der Waals surface area (Å²) in [5.41, 5.74) is 1.64. The summed E-state index contributed by atoms with van der Waals surface area (Å²) in [6.07, 6.45) is 2.14. The van der Waals surface area contributed by atoms with Gasteiger partial charge in [-0.3, -0.25) is 14.4 Å². The summed E-state index contributed by atoms with van der Waals surface area (Å²) in [5.74, 6) is -0.934. The monoisotopic (exact) mass is 331 g/mol. The number of ether oxygens (including phenoxy) is 1. The first-order chi connectivity index (χ1) is 11.3. The largest absolute Gasteiger partial charge is 0.453 e. The zero-order valence-corrected chi connectivity index (χ0v) is 14.6. The number of carbonyl (C=O) groups excluding carboxylic acids is 3. The molecule has 0 spiro atoms. The highest BCUT2D eigenvalue weighted by Crippen LogP contribution is 2.22. The second kappa shape index (κ2) is 7.60. The molecular weight excluding hydrogens is 306 g/mol. The molecule has 0 bridgehead atoms. The Morgan fingerprint density at radius 1 is 1.17 bits per heavy atom. The minimum atomic E-state index is -0.644. The molecule has 0 aromatic heterocycles. The third-order valence-corrected chi connectivity index (χ3v) is 4.18. The van der Waals surface area contributed by atoms with E-state index in [0.717, 1.165) is 18.4 Å². The molecular formula is C19H25NO4. The smallest absolute Gasteiger partial charge is 0.326 e. The van der Waals surface area contributed by atoms with E-state index in [2.05, 4.69) is 26.1 Å². The number of ketones is 1. The van der Waals surface area contributed by atoms with Gasteiger partial charge in [-0.25, -0.2) is 0 Å². The number of carbonyl (C=O) groups is 3. The van der Waals surface area contributed by atoms with E-state index in [1.165, 1.54) is 0 Å². The highest BCUT2D eigenvalue weighted by atomic mass is 16.5. The van der Waals surface area contributed by atoms with Crippen molar-refractivity contribution in [2.75, 3.05) is 6.54 Å². The van der Waals surface area contributed by atoms with Crippen LogP contribution in [0.4, 0.5) is 0 Å². The number of hydrogen-bond donors (Lipinski definition) is 1. The fourth-order valence-corrected chi connectivity index (χ4v) is 2.65. The molecule has 5 nitrogen and oxygen atoms in total. The van der Waals surface area contributed by atoms with Crippen LogP contribution in [0.5, 0.6) is 0 Å². The second-order valence-electron chi connectivity index (χ2n) is 7.20. The minimum absolute atomic E-state index is 0.0192. The van der Waals surface area contributed by atoms with Crippen LogP contribution in [0.2, 0.25) is 0 Å². The Morgan fingerprint density at radius 3 is 2.42 bits per heavy atom. The molecule has 0 unspecified atom stereocenters. The van der Waals surface area contributed by atoms with Crippen LogP contribution in [0.3, 0.4) is 0 Å². The zero-order chi connectivity index (χ0) is 17.7. The van der Waals surface area contributed by atoms with E-state index >= 15 is 0 Å². The van der Waals surface area contributed by atoms with Crippen LogP contribution in [-0.2, 0) is 19.7 Å². The van der Waals surface area contributed by atoms with E-state index in [4.69, 9.17) is 4.74 Å². The lowest BCUT2D eigenvalue weighted by molar-refractivity contribution is -0.155. The van der Waals surface area contributed by atoms with Gasteiger partial charge in [-0.15, -0.1) is 0 Å². The molecule has 1 aliphatic carbocycles. The Balaban J connectivity index is 1.84. The SMILES string of the molecule is CC(C)(C)c1ccc(C(=O)NCC(=O)O[C@@H]2CCCCC2=O)cc1. The second-order valence-corrected chi connectivity index (χ2v) is 7.20. The standard InChI is InChI=1S/C19H25NO4/c1-19(2,3)14-10-8-13(9-11-14)18(23)20-12-17(22)24-16-7-5-4-6-15(16)21/h8-11,16H,4-7,12H2,1-3H3,(H,20,23)/t16-/m1/s1. The molecule has 24 heavy (non-hydrogen) atoms. The molecule has 1 N–H and O–H groups in total. The van der Waals surface area contributed by atoms with Crippen LogP contribution >= 0.6 is 0 Å². The maximum Gasteiger partial charge on any atom is 0.326 e. The molecule has 2 rings (SSSR count). The first-order valence-electron chi connectivity index (χ1n) is 8.38. The first-order valence-corrected chi connectivity index (χ1v) is 8.38. The predicted octanol–water partition coefficient (Wildman–Crippen LogP) is 2.77. The number of Topliss-reactive ketones (excluding diaryl/α,β-unsaturated/α-hetero) is 1. The molecule has 1 saturated carbocycles. The summed E-state index contributed by atoms with van der Waals surface area (Å²) in [6.45, 7) is 6.07. The average Bonchev–Trinajstić information content (AvgIpc) is 2.54. The lowest BCUT2D eigenvalue weighted by Crippen LogP contribution is -2.36. The van der Waals surface area contributed by atoms with Gasteiger partial charge in [0.2, 0.25) is 0 Å². The van der Waals surface area contributed by atoms with Crippen LogP contribution < -0.4 is 5.32 Å². The van der Waals surface area contributed by atoms with Crippen LogP contribution in [0.1, 0.15) is 62.4 Å². The molecule has 130 valence electrons. The van der Waals surface area contributed by atoms with Gasteiger partial charge in [-0.2, -0.15) is 0 Å². The maximum absolute atomic E-state index is 12.1. The highest BCUT2D eigenvalue weighted by Gasteiger charge is 2.25. The van der Waals surface area contributed by atoms with E-state index in [-0.39, 0.29) is 23.7 Å². The summed E-state index contributed by atoms with van der Waals surface area (Å²) in [4.78, 5) is 35.5. The van der Waals surface area contributed by atoms with Gasteiger partial charge in [0, 0.05) is 12.0 Å². The summed E-state index contributed by atoms with van der Waals surface area (Å²) < 4.78 is 5.15. The average molecular weight is 331 g/mol. The molecule has 1 atom stereocenters. The number of benzene rings is 1.